The molecule has 0 saturated carbocycles. The number of likely N-dealkylation sites (N-methyl/N-ethyl adjacent to an activating group) is 1. The Hall–Kier alpha value is -2.13. The predicted molar refractivity (Wildman–Crippen MR) is 212 cm³/mol. The van der Waals surface area contributed by atoms with E-state index in [1.807, 2.05) is 19.9 Å². The summed E-state index contributed by atoms with van der Waals surface area (Å²) in [5, 5.41) is 6.86. The molecule has 1 N–H and O–H groups in total. The Morgan fingerprint density at radius 1 is 1.02 bits per heavy atom. The van der Waals surface area contributed by atoms with Crippen molar-refractivity contribution in [2.24, 2.45) is 0 Å². The normalized spacial score (nSPS) is 14.4. The molecule has 0 radical (unpaired) electrons. The Kier molecular flexibility index (Phi) is 36.4. The Morgan fingerprint density at radius 2 is 1.60 bits per heavy atom. The fraction of sp³-hybridized carbons (Fsp3) is 0.700. The van der Waals surface area contributed by atoms with Gasteiger partial charge in [-0.05, 0) is 88.0 Å². The molecule has 1 fully saturated rings. The number of thioether (sulfide) groups is 1. The molecule has 1 aliphatic heterocycles. The molecule has 8 heteroatoms. The van der Waals surface area contributed by atoms with Crippen LogP contribution in [0.1, 0.15) is 105 Å². The number of carboxylic acid groups (broad SMARTS) is 1. The number of unbranched alkanes of at least 4 members (excludes halogenated alkanes) is 2. The van der Waals surface area contributed by atoms with Crippen LogP contribution in [-0.4, -0.2) is 111 Å². The van der Waals surface area contributed by atoms with Gasteiger partial charge in [-0.25, -0.2) is 4.79 Å². The van der Waals surface area contributed by atoms with E-state index in [9.17, 15) is 9.59 Å². The van der Waals surface area contributed by atoms with E-state index in [2.05, 4.69) is 109 Å². The molecule has 0 amide bonds. The average Bonchev–Trinajstić information content (AvgIpc) is 3.53. The molecule has 0 aliphatic carbocycles. The van der Waals surface area contributed by atoms with E-state index in [0.717, 1.165) is 60.7 Å². The molecule has 0 aromatic heterocycles. The van der Waals surface area contributed by atoms with Crippen molar-refractivity contribution in [1.82, 2.24) is 9.80 Å². The highest BCUT2D eigenvalue weighted by Crippen LogP contribution is 2.23. The summed E-state index contributed by atoms with van der Waals surface area (Å²) in [5.41, 5.74) is 2.73. The van der Waals surface area contributed by atoms with Crippen LogP contribution in [0.25, 0.3) is 0 Å². The molecule has 280 valence electrons. The van der Waals surface area contributed by atoms with Gasteiger partial charge in [0.25, 0.3) is 0 Å². The van der Waals surface area contributed by atoms with Crippen LogP contribution in [-0.2, 0) is 16.0 Å². The third-order valence-corrected chi connectivity index (χ3v) is 7.91. The summed E-state index contributed by atoms with van der Waals surface area (Å²) in [6.07, 6.45) is 17.6. The van der Waals surface area contributed by atoms with Crippen LogP contribution >= 0.6 is 11.8 Å². The molecule has 1 heterocycles. The van der Waals surface area contributed by atoms with Crippen molar-refractivity contribution in [3.05, 3.63) is 59.4 Å². The molecule has 1 atom stereocenters. The van der Waals surface area contributed by atoms with Gasteiger partial charge in [0.1, 0.15) is 12.0 Å². The smallest absolute Gasteiger partial charge is 0.364 e. The van der Waals surface area contributed by atoms with E-state index < -0.39 is 5.30 Å². The minimum atomic E-state index is -0.829. The number of hydrogen-bond donors (Lipinski definition) is 1. The van der Waals surface area contributed by atoms with Gasteiger partial charge in [0.2, 0.25) is 0 Å². The summed E-state index contributed by atoms with van der Waals surface area (Å²) in [4.78, 5) is 24.8. The van der Waals surface area contributed by atoms with Crippen LogP contribution in [0, 0.1) is 0 Å². The molecule has 1 saturated heterocycles. The highest BCUT2D eigenvalue weighted by Gasteiger charge is 2.16. The van der Waals surface area contributed by atoms with Gasteiger partial charge >= 0.3 is 5.30 Å². The Balaban J connectivity index is -0.000000594. The Bertz CT molecular complexity index is 932. The van der Waals surface area contributed by atoms with Gasteiger partial charge in [-0.1, -0.05) is 97.2 Å². The molecule has 1 aliphatic rings. The van der Waals surface area contributed by atoms with Crippen molar-refractivity contribution in [2.75, 3.05) is 73.8 Å². The first-order valence-electron chi connectivity index (χ1n) is 18.4. The summed E-state index contributed by atoms with van der Waals surface area (Å²) in [7, 11) is 9.00. The molecular weight excluding hydrogens is 619 g/mol. The summed E-state index contributed by atoms with van der Waals surface area (Å²) in [6, 6.07) is 11.1. The predicted octanol–water partition coefficient (Wildman–Crippen LogP) is 9.82. The number of carbonyl (C=O) groups is 2. The second-order valence-electron chi connectivity index (χ2n) is 12.6. The van der Waals surface area contributed by atoms with Gasteiger partial charge in [-0.2, -0.15) is 0 Å². The van der Waals surface area contributed by atoms with Gasteiger partial charge in [-0.3, -0.25) is 4.90 Å². The van der Waals surface area contributed by atoms with E-state index in [-0.39, 0.29) is 0 Å². The number of aldehydes is 1. The fourth-order valence-corrected chi connectivity index (χ4v) is 4.88. The third-order valence-electron chi connectivity index (χ3n) is 7.56. The van der Waals surface area contributed by atoms with Crippen LogP contribution in [0.3, 0.4) is 0 Å². The van der Waals surface area contributed by atoms with Crippen molar-refractivity contribution >= 4 is 23.3 Å². The molecule has 2 rings (SSSR count). The van der Waals surface area contributed by atoms with Gasteiger partial charge in [0, 0.05) is 25.4 Å². The number of rotatable bonds is 17. The maximum Gasteiger partial charge on any atom is 0.364 e. The van der Waals surface area contributed by atoms with Crippen LogP contribution < -0.4 is 0 Å². The quantitative estimate of drug-likeness (QED) is 0.129. The highest BCUT2D eigenvalue weighted by atomic mass is 32.2. The largest absolute Gasteiger partial charge is 0.493 e. The van der Waals surface area contributed by atoms with Crippen LogP contribution in [0.4, 0.5) is 4.79 Å². The fourth-order valence-electron chi connectivity index (χ4n) is 4.88. The second kappa shape index (κ2) is 34.7. The number of hydrogen-bond acceptors (Lipinski definition) is 6. The topological polar surface area (TPSA) is 70.1 Å². The molecule has 0 spiro atoms. The van der Waals surface area contributed by atoms with Gasteiger partial charge < -0.3 is 24.0 Å². The molecule has 0 bridgehead atoms. The van der Waals surface area contributed by atoms with Crippen molar-refractivity contribution in [1.29, 1.82) is 0 Å². The molecule has 1 aromatic carbocycles. The first-order valence-corrected chi connectivity index (χ1v) is 19.6. The van der Waals surface area contributed by atoms with Gasteiger partial charge in [-0.15, -0.1) is 0 Å². The van der Waals surface area contributed by atoms with E-state index >= 15 is 0 Å². The zero-order chi connectivity index (χ0) is 37.2. The molecule has 7 nitrogen and oxygen atoms in total. The molecule has 1 unspecified atom stereocenters. The third kappa shape index (κ3) is 31.2. The van der Waals surface area contributed by atoms with E-state index in [0.29, 0.717) is 12.6 Å². The van der Waals surface area contributed by atoms with Crippen LogP contribution in [0.5, 0.6) is 0 Å². The lowest BCUT2D eigenvalue weighted by Crippen LogP contribution is -2.38. The minimum Gasteiger partial charge on any atom is -0.493 e. The summed E-state index contributed by atoms with van der Waals surface area (Å²) in [5.74, 6) is 1.10. The van der Waals surface area contributed by atoms with Crippen LogP contribution in [0.2, 0.25) is 0 Å². The van der Waals surface area contributed by atoms with Crippen molar-refractivity contribution < 1.29 is 23.9 Å². The highest BCUT2D eigenvalue weighted by molar-refractivity contribution is 8.12. The Labute approximate surface area is 301 Å². The molecular formula is C40H76N3O4S+. The number of carbonyl (C=O) groups excluding carboxylic acids is 1. The maximum atomic E-state index is 10.8. The summed E-state index contributed by atoms with van der Waals surface area (Å²) in [6.45, 7) is 20.9. The zero-order valence-corrected chi connectivity index (χ0v) is 34.0. The van der Waals surface area contributed by atoms with Gasteiger partial charge in [0.15, 0.2) is 0 Å². The summed E-state index contributed by atoms with van der Waals surface area (Å²) < 4.78 is 6.47. The lowest BCUT2D eigenvalue weighted by molar-refractivity contribution is -0.870. The first kappa shape index (κ1) is 50.2. The molecule has 1 aromatic rings. The van der Waals surface area contributed by atoms with E-state index in [1.165, 1.54) is 75.6 Å². The van der Waals surface area contributed by atoms with Crippen molar-refractivity contribution in [3.63, 3.8) is 0 Å². The monoisotopic (exact) mass is 695 g/mol. The lowest BCUT2D eigenvalue weighted by atomic mass is 9.99. The zero-order valence-electron chi connectivity index (χ0n) is 33.2. The number of nitrogens with zero attached hydrogens (tertiary/aromatic N) is 3. The van der Waals surface area contributed by atoms with E-state index in [4.69, 9.17) is 9.84 Å². The minimum absolute atomic E-state index is 0.488. The van der Waals surface area contributed by atoms with Crippen molar-refractivity contribution in [3.8, 4) is 0 Å². The van der Waals surface area contributed by atoms with Crippen LogP contribution in [0.15, 0.2) is 53.8 Å². The number of ether oxygens (including phenoxy) is 1. The Morgan fingerprint density at radius 3 is 2.06 bits per heavy atom. The number of benzene rings is 1. The summed E-state index contributed by atoms with van der Waals surface area (Å²) >= 11 is 0.796. The average molecular weight is 695 g/mol. The van der Waals surface area contributed by atoms with E-state index in [1.54, 1.807) is 0 Å². The lowest BCUT2D eigenvalue weighted by Gasteiger charge is -2.29. The number of allylic oxidation sites excluding steroid dienone is 3. The first-order chi connectivity index (χ1) is 22.9. The van der Waals surface area contributed by atoms with Gasteiger partial charge in [0.05, 0.1) is 40.8 Å². The second-order valence-corrected chi connectivity index (χ2v) is 13.4. The SMILES string of the molecule is C/C=C1/CCO/C1=C/CC.CC.CCCCC(Cc1ccccc1)N(CC)CC=O.CCCCN(C)CCC[N+](C)(C)C.CSC(=O)O. The standard InChI is InChI=1S/C16H25NO.C11H27N2.C9H14O.C2H4O2S.C2H6/c1-3-5-11-16(17(4-2)12-13-18)14-15-9-7-6-8-10-15;1-6-7-9-12(2)10-8-11-13(3,4)5;1-3-5-9-8(4-2)6-7-10-9;1-5-2(3)4;1-2/h6-10,13,16H,3-5,11-12,14H2,1-2H3;6-11H2,1-5H3;4-5H,3,6-7H2,1-2H3;1H3,(H,3,4);1-2H3/q;+1;;;/b;;8-4-,9-5+;;. The van der Waals surface area contributed by atoms with Crippen molar-refractivity contribution in [2.45, 2.75) is 112 Å². The molecule has 48 heavy (non-hydrogen) atoms. The number of quaternary nitrogens is 1. The maximum absolute atomic E-state index is 10.8.